The van der Waals surface area contributed by atoms with Gasteiger partial charge in [-0.05, 0) is 63.9 Å². The third kappa shape index (κ3) is 3.42. The maximum atomic E-state index is 5.91. The summed E-state index contributed by atoms with van der Waals surface area (Å²) in [7, 11) is 0. The number of hydrogen-bond acceptors (Lipinski definition) is 2. The van der Waals surface area contributed by atoms with Crippen LogP contribution in [0.3, 0.4) is 0 Å². The molecule has 0 spiro atoms. The molecule has 4 atom stereocenters. The van der Waals surface area contributed by atoms with Crippen LogP contribution < -0.4 is 10.1 Å². The van der Waals surface area contributed by atoms with Gasteiger partial charge in [0.05, 0.1) is 6.10 Å². The molecule has 2 nitrogen and oxygen atoms in total. The fraction of sp³-hybridized carbons (Fsp3) is 0.684. The zero-order chi connectivity index (χ0) is 14.8. The highest BCUT2D eigenvalue weighted by Crippen LogP contribution is 2.49. The minimum absolute atomic E-state index is 0.231. The summed E-state index contributed by atoms with van der Waals surface area (Å²) in [6.45, 7) is 7.46. The van der Waals surface area contributed by atoms with Gasteiger partial charge in [0.15, 0.2) is 0 Å². The van der Waals surface area contributed by atoms with E-state index in [-0.39, 0.29) is 6.10 Å². The highest BCUT2D eigenvalue weighted by molar-refractivity contribution is 5.33. The van der Waals surface area contributed by atoms with Crippen LogP contribution in [-0.4, -0.2) is 12.1 Å². The van der Waals surface area contributed by atoms with E-state index in [1.807, 2.05) is 0 Å². The van der Waals surface area contributed by atoms with Gasteiger partial charge >= 0.3 is 0 Å². The number of nitrogens with one attached hydrogen (secondary N) is 1. The van der Waals surface area contributed by atoms with Crippen molar-refractivity contribution < 1.29 is 4.74 Å². The predicted molar refractivity (Wildman–Crippen MR) is 87.4 cm³/mol. The van der Waals surface area contributed by atoms with Crippen molar-refractivity contribution in [2.45, 2.75) is 65.1 Å². The molecule has 1 aromatic carbocycles. The molecule has 0 aromatic heterocycles. The molecule has 2 saturated carbocycles. The molecule has 3 rings (SSSR count). The monoisotopic (exact) mass is 287 g/mol. The van der Waals surface area contributed by atoms with Crippen LogP contribution >= 0.6 is 0 Å². The van der Waals surface area contributed by atoms with Crippen molar-refractivity contribution in [3.05, 3.63) is 29.8 Å². The average molecular weight is 287 g/mol. The van der Waals surface area contributed by atoms with Crippen molar-refractivity contribution in [2.24, 2.45) is 17.8 Å². The van der Waals surface area contributed by atoms with Crippen LogP contribution in [0.2, 0.25) is 0 Å². The Morgan fingerprint density at radius 2 is 1.95 bits per heavy atom. The molecule has 0 radical (unpaired) electrons. The smallest absolute Gasteiger partial charge is 0.124 e. The lowest BCUT2D eigenvalue weighted by Gasteiger charge is -2.29. The van der Waals surface area contributed by atoms with E-state index in [1.54, 1.807) is 0 Å². The fourth-order valence-corrected chi connectivity index (χ4v) is 4.35. The average Bonchev–Trinajstić information content (AvgIpc) is 3.08. The summed E-state index contributed by atoms with van der Waals surface area (Å²) in [5, 5.41) is 3.76. The molecule has 2 bridgehead atoms. The van der Waals surface area contributed by atoms with E-state index in [1.165, 1.54) is 31.2 Å². The van der Waals surface area contributed by atoms with Gasteiger partial charge in [0.2, 0.25) is 0 Å². The predicted octanol–water partition coefficient (Wildman–Crippen LogP) is 4.39. The summed E-state index contributed by atoms with van der Waals surface area (Å²) < 4.78 is 5.91. The van der Waals surface area contributed by atoms with Gasteiger partial charge in [-0.3, -0.25) is 0 Å². The Kier molecular flexibility index (Phi) is 4.54. The fourth-order valence-electron chi connectivity index (χ4n) is 4.35. The van der Waals surface area contributed by atoms with E-state index in [2.05, 4.69) is 50.4 Å². The van der Waals surface area contributed by atoms with Gasteiger partial charge in [0.1, 0.15) is 5.75 Å². The van der Waals surface area contributed by atoms with E-state index in [9.17, 15) is 0 Å². The summed E-state index contributed by atoms with van der Waals surface area (Å²) in [4.78, 5) is 0. The van der Waals surface area contributed by atoms with Gasteiger partial charge in [0.25, 0.3) is 0 Å². The second-order valence-corrected chi connectivity index (χ2v) is 7.28. The SMILES string of the molecule is CC(C)Oc1ccccc1CNC(C)C1CC2CCC1C2. The molecule has 0 heterocycles. The van der Waals surface area contributed by atoms with Crippen LogP contribution in [-0.2, 0) is 6.54 Å². The van der Waals surface area contributed by atoms with Gasteiger partial charge in [-0.2, -0.15) is 0 Å². The lowest BCUT2D eigenvalue weighted by Crippen LogP contribution is -2.36. The Morgan fingerprint density at radius 3 is 2.62 bits per heavy atom. The Bertz CT molecular complexity index is 470. The molecule has 2 fully saturated rings. The highest BCUT2D eigenvalue weighted by atomic mass is 16.5. The molecule has 0 saturated heterocycles. The topological polar surface area (TPSA) is 21.3 Å². The zero-order valence-electron chi connectivity index (χ0n) is 13.6. The number of ether oxygens (including phenoxy) is 1. The second-order valence-electron chi connectivity index (χ2n) is 7.28. The van der Waals surface area contributed by atoms with Crippen molar-refractivity contribution in [1.29, 1.82) is 0 Å². The first-order valence-electron chi connectivity index (χ1n) is 8.61. The summed E-state index contributed by atoms with van der Waals surface area (Å²) in [5.41, 5.74) is 1.28. The molecular weight excluding hydrogens is 258 g/mol. The van der Waals surface area contributed by atoms with E-state index >= 15 is 0 Å². The lowest BCUT2D eigenvalue weighted by atomic mass is 9.84. The molecule has 21 heavy (non-hydrogen) atoms. The Labute approximate surface area is 129 Å². The molecular formula is C19H29NO. The van der Waals surface area contributed by atoms with Gasteiger partial charge in [-0.1, -0.05) is 24.6 Å². The van der Waals surface area contributed by atoms with Crippen molar-refractivity contribution in [3.63, 3.8) is 0 Å². The van der Waals surface area contributed by atoms with Crippen molar-refractivity contribution in [2.75, 3.05) is 0 Å². The third-order valence-corrected chi connectivity index (χ3v) is 5.38. The largest absolute Gasteiger partial charge is 0.491 e. The van der Waals surface area contributed by atoms with E-state index in [0.717, 1.165) is 30.0 Å². The van der Waals surface area contributed by atoms with Crippen molar-refractivity contribution >= 4 is 0 Å². The molecule has 116 valence electrons. The van der Waals surface area contributed by atoms with Gasteiger partial charge in [-0.25, -0.2) is 0 Å². The third-order valence-electron chi connectivity index (χ3n) is 5.38. The molecule has 2 heteroatoms. The first-order chi connectivity index (χ1) is 10.1. The van der Waals surface area contributed by atoms with Crippen LogP contribution in [0.5, 0.6) is 5.75 Å². The number of benzene rings is 1. The number of hydrogen-bond donors (Lipinski definition) is 1. The summed E-state index contributed by atoms with van der Waals surface area (Å²) in [6.07, 6.45) is 6.12. The summed E-state index contributed by atoms with van der Waals surface area (Å²) >= 11 is 0. The molecule has 1 N–H and O–H groups in total. The standard InChI is InChI=1S/C19H29NO/c1-13(2)21-19-7-5-4-6-17(19)12-20-14(3)18-11-15-8-9-16(18)10-15/h4-7,13-16,18,20H,8-12H2,1-3H3. The van der Waals surface area contributed by atoms with Crippen LogP contribution in [0.25, 0.3) is 0 Å². The normalized spacial score (nSPS) is 29.0. The maximum absolute atomic E-state index is 5.91. The van der Waals surface area contributed by atoms with Crippen molar-refractivity contribution in [1.82, 2.24) is 5.32 Å². The van der Waals surface area contributed by atoms with E-state index in [0.29, 0.717) is 6.04 Å². The van der Waals surface area contributed by atoms with Crippen molar-refractivity contribution in [3.8, 4) is 5.75 Å². The first-order valence-corrected chi connectivity index (χ1v) is 8.61. The lowest BCUT2D eigenvalue weighted by molar-refractivity contribution is 0.236. The van der Waals surface area contributed by atoms with Crippen LogP contribution in [0.4, 0.5) is 0 Å². The van der Waals surface area contributed by atoms with Crippen LogP contribution in [0.15, 0.2) is 24.3 Å². The zero-order valence-corrected chi connectivity index (χ0v) is 13.6. The van der Waals surface area contributed by atoms with Gasteiger partial charge in [0, 0.05) is 18.2 Å². The minimum Gasteiger partial charge on any atom is -0.491 e. The number of fused-ring (bicyclic) bond motifs is 2. The Morgan fingerprint density at radius 1 is 1.14 bits per heavy atom. The highest BCUT2D eigenvalue weighted by Gasteiger charge is 2.41. The van der Waals surface area contributed by atoms with Crippen LogP contribution in [0, 0.1) is 17.8 Å². The summed E-state index contributed by atoms with van der Waals surface area (Å²) in [5.74, 6) is 3.93. The quantitative estimate of drug-likeness (QED) is 0.838. The molecule has 2 aliphatic rings. The maximum Gasteiger partial charge on any atom is 0.124 e. The Balaban J connectivity index is 1.57. The first kappa shape index (κ1) is 14.9. The molecule has 0 amide bonds. The van der Waals surface area contributed by atoms with E-state index in [4.69, 9.17) is 4.74 Å². The van der Waals surface area contributed by atoms with Gasteiger partial charge < -0.3 is 10.1 Å². The number of rotatable bonds is 6. The second kappa shape index (κ2) is 6.39. The number of para-hydroxylation sites is 1. The molecule has 4 unspecified atom stereocenters. The molecule has 0 aliphatic heterocycles. The van der Waals surface area contributed by atoms with Gasteiger partial charge in [-0.15, -0.1) is 0 Å². The Hall–Kier alpha value is -1.02. The summed E-state index contributed by atoms with van der Waals surface area (Å²) in [6, 6.07) is 9.04. The van der Waals surface area contributed by atoms with Crippen LogP contribution in [0.1, 0.15) is 52.0 Å². The molecule has 2 aliphatic carbocycles. The minimum atomic E-state index is 0.231. The van der Waals surface area contributed by atoms with E-state index < -0.39 is 0 Å². The molecule has 1 aromatic rings.